The number of hydrogen-bond acceptors (Lipinski definition) is 2. The maximum Gasteiger partial charge on any atom is 0.0576 e. The molecule has 0 aromatic heterocycles. The summed E-state index contributed by atoms with van der Waals surface area (Å²) in [7, 11) is 1.91. The van der Waals surface area contributed by atoms with Gasteiger partial charge in [-0.3, -0.25) is 4.99 Å². The normalized spacial score (nSPS) is 17.8. The van der Waals surface area contributed by atoms with E-state index in [1.807, 2.05) is 7.05 Å². The first-order valence-electron chi connectivity index (χ1n) is 8.60. The van der Waals surface area contributed by atoms with Gasteiger partial charge in [0.1, 0.15) is 0 Å². The Morgan fingerprint density at radius 1 is 1.00 bits per heavy atom. The van der Waals surface area contributed by atoms with Gasteiger partial charge in [0.15, 0.2) is 0 Å². The first kappa shape index (κ1) is 16.8. The maximum absolute atomic E-state index is 4.52. The van der Waals surface area contributed by atoms with E-state index in [0.717, 1.165) is 12.8 Å². The number of nitrogens with one attached hydrogen (secondary N) is 1. The van der Waals surface area contributed by atoms with E-state index < -0.39 is 0 Å². The van der Waals surface area contributed by atoms with Gasteiger partial charge in [0, 0.05) is 12.7 Å². The summed E-state index contributed by atoms with van der Waals surface area (Å²) in [6.07, 6.45) is 7.04. The van der Waals surface area contributed by atoms with Crippen LogP contribution in [0.3, 0.4) is 0 Å². The van der Waals surface area contributed by atoms with E-state index in [2.05, 4.69) is 62.3 Å². The molecule has 0 saturated heterocycles. The van der Waals surface area contributed by atoms with Crippen molar-refractivity contribution in [2.45, 2.75) is 65.2 Å². The van der Waals surface area contributed by atoms with Gasteiger partial charge in [0.25, 0.3) is 0 Å². The van der Waals surface area contributed by atoms with E-state index in [1.54, 1.807) is 0 Å². The van der Waals surface area contributed by atoms with Gasteiger partial charge in [-0.15, -0.1) is 0 Å². The van der Waals surface area contributed by atoms with Crippen molar-refractivity contribution in [3.8, 4) is 0 Å². The minimum atomic E-state index is 0.509. The predicted octanol–water partition coefficient (Wildman–Crippen LogP) is 5.87. The zero-order valence-electron chi connectivity index (χ0n) is 14.7. The third-order valence-corrected chi connectivity index (χ3v) is 4.43. The molecule has 1 aromatic carbocycles. The lowest BCUT2D eigenvalue weighted by atomic mass is 9.92. The zero-order valence-corrected chi connectivity index (χ0v) is 14.7. The Morgan fingerprint density at radius 3 is 2.18 bits per heavy atom. The van der Waals surface area contributed by atoms with Gasteiger partial charge in [0.2, 0.25) is 0 Å². The van der Waals surface area contributed by atoms with Crippen LogP contribution in [0.15, 0.2) is 35.0 Å². The molecule has 0 amide bonds. The second-order valence-corrected chi connectivity index (χ2v) is 6.78. The molecule has 22 heavy (non-hydrogen) atoms. The monoisotopic (exact) mass is 298 g/mol. The van der Waals surface area contributed by atoms with Crippen LogP contribution in [0.4, 0.5) is 5.69 Å². The van der Waals surface area contributed by atoms with Crippen LogP contribution in [-0.2, 0) is 0 Å². The van der Waals surface area contributed by atoms with Crippen LogP contribution in [0.2, 0.25) is 0 Å². The van der Waals surface area contributed by atoms with Crippen molar-refractivity contribution >= 4 is 11.4 Å². The molecule has 0 unspecified atom stereocenters. The lowest BCUT2D eigenvalue weighted by Crippen LogP contribution is -2.14. The second kappa shape index (κ2) is 7.62. The molecule has 1 aliphatic rings. The van der Waals surface area contributed by atoms with Gasteiger partial charge in [-0.05, 0) is 48.6 Å². The highest BCUT2D eigenvalue weighted by atomic mass is 14.9. The van der Waals surface area contributed by atoms with E-state index in [1.165, 1.54) is 41.1 Å². The van der Waals surface area contributed by atoms with Crippen molar-refractivity contribution in [1.29, 1.82) is 0 Å². The summed E-state index contributed by atoms with van der Waals surface area (Å²) < 4.78 is 0. The average molecular weight is 298 g/mol. The third kappa shape index (κ3) is 3.79. The number of aliphatic imine (C=N–C) groups is 1. The van der Waals surface area contributed by atoms with Gasteiger partial charge in [-0.1, -0.05) is 52.0 Å². The van der Waals surface area contributed by atoms with Crippen molar-refractivity contribution in [2.24, 2.45) is 4.99 Å². The van der Waals surface area contributed by atoms with Crippen LogP contribution >= 0.6 is 0 Å². The van der Waals surface area contributed by atoms with Crippen LogP contribution in [0.25, 0.3) is 0 Å². The Hall–Kier alpha value is -1.57. The number of allylic oxidation sites excluding steroid dienone is 2. The molecular formula is C20H30N2. The fourth-order valence-corrected chi connectivity index (χ4v) is 3.12. The number of hydrogen-bond donors (Lipinski definition) is 1. The molecule has 0 fully saturated rings. The molecule has 1 N–H and O–H groups in total. The minimum Gasteiger partial charge on any atom is -0.354 e. The molecule has 0 atom stereocenters. The second-order valence-electron chi connectivity index (χ2n) is 6.78. The molecule has 0 heterocycles. The molecule has 0 saturated carbocycles. The molecule has 1 aliphatic carbocycles. The predicted molar refractivity (Wildman–Crippen MR) is 98.2 cm³/mol. The summed E-state index contributed by atoms with van der Waals surface area (Å²) in [5, 5.41) is 3.75. The lowest BCUT2D eigenvalue weighted by molar-refractivity contribution is 0.788. The summed E-state index contributed by atoms with van der Waals surface area (Å²) in [5.74, 6) is 1.02. The zero-order chi connectivity index (χ0) is 16.1. The quantitative estimate of drug-likeness (QED) is 0.738. The maximum atomic E-state index is 4.52. The van der Waals surface area contributed by atoms with Crippen molar-refractivity contribution in [1.82, 2.24) is 0 Å². The lowest BCUT2D eigenvalue weighted by Gasteiger charge is -2.22. The molecule has 2 nitrogen and oxygen atoms in total. The van der Waals surface area contributed by atoms with Gasteiger partial charge in [0.05, 0.1) is 11.4 Å². The highest BCUT2D eigenvalue weighted by Gasteiger charge is 2.17. The van der Waals surface area contributed by atoms with Gasteiger partial charge >= 0.3 is 0 Å². The van der Waals surface area contributed by atoms with E-state index in [4.69, 9.17) is 0 Å². The smallest absolute Gasteiger partial charge is 0.0576 e. The van der Waals surface area contributed by atoms with Crippen molar-refractivity contribution < 1.29 is 0 Å². The van der Waals surface area contributed by atoms with E-state index in [-0.39, 0.29) is 0 Å². The van der Waals surface area contributed by atoms with Gasteiger partial charge < -0.3 is 5.32 Å². The summed E-state index contributed by atoms with van der Waals surface area (Å²) in [6.45, 7) is 9.06. The molecule has 0 aliphatic heterocycles. The fraction of sp³-hybridized carbons (Fsp3) is 0.550. The van der Waals surface area contributed by atoms with Crippen molar-refractivity contribution in [2.75, 3.05) is 12.4 Å². The number of benzene rings is 1. The van der Waals surface area contributed by atoms with Crippen molar-refractivity contribution in [3.05, 3.63) is 41.1 Å². The summed E-state index contributed by atoms with van der Waals surface area (Å²) in [4.78, 5) is 4.52. The average Bonchev–Trinajstić information content (AvgIpc) is 2.72. The number of nitrogens with zero attached hydrogens (tertiary/aromatic N) is 1. The van der Waals surface area contributed by atoms with Crippen LogP contribution < -0.4 is 5.32 Å². The SMILES string of the molecule is CN=C1CCCCC=C1Nc1c(C(C)C)cccc1C(C)C. The Labute approximate surface area is 135 Å². The molecule has 120 valence electrons. The van der Waals surface area contributed by atoms with Gasteiger partial charge in [-0.25, -0.2) is 0 Å². The largest absolute Gasteiger partial charge is 0.354 e. The van der Waals surface area contributed by atoms with Gasteiger partial charge in [-0.2, -0.15) is 0 Å². The van der Waals surface area contributed by atoms with Crippen LogP contribution in [0.5, 0.6) is 0 Å². The molecule has 2 heteroatoms. The topological polar surface area (TPSA) is 24.4 Å². The first-order valence-corrected chi connectivity index (χ1v) is 8.60. The van der Waals surface area contributed by atoms with E-state index >= 15 is 0 Å². The Kier molecular flexibility index (Phi) is 5.82. The summed E-state index contributed by atoms with van der Waals surface area (Å²) in [5.41, 5.74) is 6.51. The fourth-order valence-electron chi connectivity index (χ4n) is 3.12. The molecular weight excluding hydrogens is 268 g/mol. The van der Waals surface area contributed by atoms with Crippen LogP contribution in [-0.4, -0.2) is 12.8 Å². The van der Waals surface area contributed by atoms with E-state index in [0.29, 0.717) is 11.8 Å². The number of anilines is 1. The standard InChI is InChI=1S/C20H30N2/c1-14(2)16-10-9-11-17(15(3)4)20(16)22-19-13-8-6-7-12-18(19)21-5/h9-11,13-15,22H,6-8,12H2,1-5H3. The van der Waals surface area contributed by atoms with Crippen molar-refractivity contribution in [3.63, 3.8) is 0 Å². The number of para-hydroxylation sites is 1. The Morgan fingerprint density at radius 2 is 1.64 bits per heavy atom. The molecule has 0 radical (unpaired) electrons. The van der Waals surface area contributed by atoms with Crippen LogP contribution in [0, 0.1) is 0 Å². The molecule has 1 aromatic rings. The summed E-state index contributed by atoms with van der Waals surface area (Å²) >= 11 is 0. The highest BCUT2D eigenvalue weighted by molar-refractivity contribution is 6.03. The van der Waals surface area contributed by atoms with Crippen LogP contribution in [0.1, 0.15) is 76.3 Å². The number of rotatable bonds is 4. The highest BCUT2D eigenvalue weighted by Crippen LogP contribution is 2.34. The Balaban J connectivity index is 2.44. The van der Waals surface area contributed by atoms with E-state index in [9.17, 15) is 0 Å². The molecule has 2 rings (SSSR count). The summed E-state index contributed by atoms with van der Waals surface area (Å²) in [6, 6.07) is 6.68. The first-order chi connectivity index (χ1) is 10.5. The molecule has 0 bridgehead atoms. The Bertz CT molecular complexity index is 539. The molecule has 0 spiro atoms. The minimum absolute atomic E-state index is 0.509. The third-order valence-electron chi connectivity index (χ3n) is 4.43.